The monoisotopic (exact) mass is 747 g/mol. The van der Waals surface area contributed by atoms with Crippen LogP contribution >= 0.6 is 0 Å². The van der Waals surface area contributed by atoms with Crippen LogP contribution in [0.2, 0.25) is 0 Å². The summed E-state index contributed by atoms with van der Waals surface area (Å²) in [6, 6.07) is 13.2. The van der Waals surface area contributed by atoms with Crippen molar-refractivity contribution in [2.45, 2.75) is 98.4 Å². The van der Waals surface area contributed by atoms with Crippen LogP contribution in [0.4, 0.5) is 0 Å². The number of aryl methyl sites for hydroxylation is 1. The largest absolute Gasteiger partial charge is 0.464 e. The fourth-order valence-corrected chi connectivity index (χ4v) is 8.16. The van der Waals surface area contributed by atoms with E-state index in [2.05, 4.69) is 82.4 Å². The molecule has 3 aromatic heterocycles. The maximum Gasteiger partial charge on any atom is 0.324 e. The molecular weight excluding hydrogens is 695 g/mol. The van der Waals surface area contributed by atoms with Crippen molar-refractivity contribution in [3.8, 4) is 22.4 Å². The third-order valence-electron chi connectivity index (χ3n) is 10.9. The number of aromatic amines is 1. The van der Waals surface area contributed by atoms with Crippen LogP contribution in [0, 0.1) is 11.3 Å². The first-order valence-electron chi connectivity index (χ1n) is 19.5. The van der Waals surface area contributed by atoms with Crippen LogP contribution in [0.1, 0.15) is 83.7 Å². The number of benzene rings is 2. The standard InChI is InChI=1S/C43H53N7O5/c1-8-49-36-14-13-27-19-31(36)32(40(49)30-11-9-15-44-38(30)26(4)54-7)22-43(5,6)23-55-42(53)33-12-10-16-50(48-33)41(52)35(47-37(51)17-25(2)3)21-29-18-28(27)20-34-39(29)46-24-45-34/h9,11,13-15,18-20,24-26,33,35,48H,8,10,12,16-17,21-23H2,1-7H3,(H,45,46)(H,47,51)/t26-,33-,35-/m0/s1. The molecule has 0 aliphatic carbocycles. The number of pyridine rings is 1. The molecule has 5 aromatic rings. The van der Waals surface area contributed by atoms with Crippen molar-refractivity contribution in [2.24, 2.45) is 11.3 Å². The Kier molecular flexibility index (Phi) is 10.8. The molecule has 2 aliphatic heterocycles. The Bertz CT molecular complexity index is 2240. The number of imidazole rings is 1. The smallest absolute Gasteiger partial charge is 0.324 e. The molecule has 12 nitrogen and oxygen atoms in total. The van der Waals surface area contributed by atoms with E-state index >= 15 is 0 Å². The van der Waals surface area contributed by atoms with E-state index in [4.69, 9.17) is 14.5 Å². The third kappa shape index (κ3) is 7.75. The van der Waals surface area contributed by atoms with Crippen molar-refractivity contribution in [1.82, 2.24) is 35.3 Å². The molecule has 2 aromatic carbocycles. The van der Waals surface area contributed by atoms with E-state index in [1.807, 2.05) is 26.8 Å². The lowest BCUT2D eigenvalue weighted by atomic mass is 9.84. The molecule has 0 saturated carbocycles. The number of methoxy groups -OCH3 is 1. The van der Waals surface area contributed by atoms with E-state index in [0.29, 0.717) is 25.8 Å². The first kappa shape index (κ1) is 38.2. The van der Waals surface area contributed by atoms with Crippen LogP contribution in [0.3, 0.4) is 0 Å². The van der Waals surface area contributed by atoms with Gasteiger partial charge >= 0.3 is 5.97 Å². The van der Waals surface area contributed by atoms with Gasteiger partial charge in [-0.2, -0.15) is 0 Å². The summed E-state index contributed by atoms with van der Waals surface area (Å²) in [4.78, 5) is 54.0. The number of ether oxygens (including phenoxy) is 2. The molecule has 0 unspecified atom stereocenters. The molecule has 3 atom stereocenters. The Morgan fingerprint density at radius 3 is 2.69 bits per heavy atom. The van der Waals surface area contributed by atoms with Gasteiger partial charge in [0.15, 0.2) is 0 Å². The number of hydrazine groups is 1. The highest BCUT2D eigenvalue weighted by Crippen LogP contribution is 2.42. The van der Waals surface area contributed by atoms with Gasteiger partial charge in [0.25, 0.3) is 5.91 Å². The number of rotatable bonds is 7. The molecule has 0 spiro atoms. The van der Waals surface area contributed by atoms with Crippen molar-refractivity contribution < 1.29 is 23.9 Å². The lowest BCUT2D eigenvalue weighted by Gasteiger charge is -2.35. The summed E-state index contributed by atoms with van der Waals surface area (Å²) in [7, 11) is 1.70. The van der Waals surface area contributed by atoms with Crippen molar-refractivity contribution >= 4 is 39.7 Å². The minimum Gasteiger partial charge on any atom is -0.464 e. The number of nitrogens with zero attached hydrogens (tertiary/aromatic N) is 4. The highest BCUT2D eigenvalue weighted by molar-refractivity contribution is 5.96. The fourth-order valence-electron chi connectivity index (χ4n) is 8.16. The van der Waals surface area contributed by atoms with E-state index in [0.717, 1.165) is 67.7 Å². The summed E-state index contributed by atoms with van der Waals surface area (Å²) in [5, 5.41) is 5.62. The van der Waals surface area contributed by atoms with Gasteiger partial charge in [0.05, 0.1) is 41.5 Å². The van der Waals surface area contributed by atoms with Gasteiger partial charge < -0.3 is 24.3 Å². The zero-order chi connectivity index (χ0) is 39.0. The predicted molar refractivity (Wildman–Crippen MR) is 213 cm³/mol. The minimum absolute atomic E-state index is 0.114. The van der Waals surface area contributed by atoms with Gasteiger partial charge in [0, 0.05) is 61.1 Å². The topological polar surface area (TPSA) is 143 Å². The number of hydrogen-bond donors (Lipinski definition) is 3. The van der Waals surface area contributed by atoms with Crippen molar-refractivity contribution in [3.05, 3.63) is 71.8 Å². The summed E-state index contributed by atoms with van der Waals surface area (Å²) in [5.41, 5.74) is 12.2. The molecule has 1 saturated heterocycles. The zero-order valence-electron chi connectivity index (χ0n) is 33.0. The summed E-state index contributed by atoms with van der Waals surface area (Å²) >= 11 is 0. The summed E-state index contributed by atoms with van der Waals surface area (Å²) in [6.07, 6.45) is 5.49. The Balaban J connectivity index is 1.44. The van der Waals surface area contributed by atoms with Crippen LogP contribution in [0.5, 0.6) is 0 Å². The molecule has 7 rings (SSSR count). The molecule has 2 aliphatic rings. The van der Waals surface area contributed by atoms with Crippen LogP contribution in [-0.4, -0.2) is 74.7 Å². The van der Waals surface area contributed by atoms with E-state index < -0.39 is 23.5 Å². The maximum absolute atomic E-state index is 14.3. The maximum atomic E-state index is 14.3. The van der Waals surface area contributed by atoms with Gasteiger partial charge in [-0.1, -0.05) is 33.8 Å². The Labute approximate surface area is 322 Å². The Morgan fingerprint density at radius 2 is 1.93 bits per heavy atom. The molecule has 55 heavy (non-hydrogen) atoms. The highest BCUT2D eigenvalue weighted by atomic mass is 16.5. The van der Waals surface area contributed by atoms with Crippen LogP contribution in [-0.2, 0) is 43.2 Å². The van der Waals surface area contributed by atoms with E-state index in [1.54, 1.807) is 19.6 Å². The normalized spacial score (nSPS) is 19.7. The molecule has 2 amide bonds. The first-order chi connectivity index (χ1) is 26.4. The highest BCUT2D eigenvalue weighted by Gasteiger charge is 2.35. The second-order valence-corrected chi connectivity index (χ2v) is 16.2. The Morgan fingerprint density at radius 1 is 1.11 bits per heavy atom. The predicted octanol–water partition coefficient (Wildman–Crippen LogP) is 6.67. The number of carbonyl (C=O) groups excluding carboxylic acids is 3. The van der Waals surface area contributed by atoms with E-state index in [1.165, 1.54) is 5.01 Å². The minimum atomic E-state index is -0.889. The number of carbonyl (C=O) groups is 3. The average molecular weight is 748 g/mol. The summed E-state index contributed by atoms with van der Waals surface area (Å²) in [6.45, 7) is 13.7. The number of cyclic esters (lactones) is 1. The second kappa shape index (κ2) is 15.6. The molecule has 290 valence electrons. The molecule has 5 heterocycles. The van der Waals surface area contributed by atoms with Crippen LogP contribution < -0.4 is 10.7 Å². The zero-order valence-corrected chi connectivity index (χ0v) is 33.0. The number of nitrogens with one attached hydrogen (secondary N) is 3. The quantitative estimate of drug-likeness (QED) is 0.157. The average Bonchev–Trinajstić information content (AvgIpc) is 3.77. The van der Waals surface area contributed by atoms with E-state index in [-0.39, 0.29) is 43.3 Å². The number of aromatic nitrogens is 4. The SMILES string of the molecule is CCn1c(-c2cccnc2[C@H](C)OC)c2c3cc(ccc31)-c1cc(c3nc[nH]c3c1)C[C@H](NC(=O)CC(C)C)C(=O)N1CCC[C@H](N1)C(=O)OCC(C)(C)C2. The first-order valence-corrected chi connectivity index (χ1v) is 19.5. The number of amides is 2. The van der Waals surface area contributed by atoms with E-state index in [9.17, 15) is 14.4 Å². The van der Waals surface area contributed by atoms with Gasteiger partial charge in [-0.3, -0.25) is 24.4 Å². The second-order valence-electron chi connectivity index (χ2n) is 16.2. The fraction of sp³-hybridized carbons (Fsp3) is 0.465. The number of H-pyrrole nitrogens is 1. The lowest BCUT2D eigenvalue weighted by molar-refractivity contribution is -0.155. The number of fused-ring (bicyclic) bond motifs is 8. The van der Waals surface area contributed by atoms with Gasteiger partial charge in [-0.15, -0.1) is 0 Å². The number of hydrogen-bond acceptors (Lipinski definition) is 8. The third-order valence-corrected chi connectivity index (χ3v) is 10.9. The van der Waals surface area contributed by atoms with Crippen molar-refractivity contribution in [1.29, 1.82) is 0 Å². The van der Waals surface area contributed by atoms with Crippen LogP contribution in [0.15, 0.2) is 55.0 Å². The molecular formula is C43H53N7O5. The molecule has 12 heteroatoms. The molecule has 6 bridgehead atoms. The van der Waals surface area contributed by atoms with Crippen molar-refractivity contribution in [3.63, 3.8) is 0 Å². The lowest BCUT2D eigenvalue weighted by Crippen LogP contribution is -2.60. The van der Waals surface area contributed by atoms with Gasteiger partial charge in [-0.05, 0) is 97.7 Å². The van der Waals surface area contributed by atoms with Gasteiger partial charge in [0.1, 0.15) is 12.1 Å². The Hall–Kier alpha value is -5.07. The summed E-state index contributed by atoms with van der Waals surface area (Å²) < 4.78 is 14.2. The molecule has 3 N–H and O–H groups in total. The van der Waals surface area contributed by atoms with Crippen molar-refractivity contribution in [2.75, 3.05) is 20.3 Å². The number of esters is 1. The molecule has 1 fully saturated rings. The van der Waals surface area contributed by atoms with Crippen LogP contribution in [0.25, 0.3) is 44.3 Å². The molecule has 0 radical (unpaired) electrons. The van der Waals surface area contributed by atoms with Gasteiger partial charge in [0.2, 0.25) is 5.91 Å². The van der Waals surface area contributed by atoms with Gasteiger partial charge in [-0.25, -0.2) is 10.4 Å². The summed E-state index contributed by atoms with van der Waals surface area (Å²) in [5.74, 6) is -0.795.